The van der Waals surface area contributed by atoms with Gasteiger partial charge in [0, 0.05) is 24.5 Å². The molecule has 4 aromatic rings. The lowest BCUT2D eigenvalue weighted by molar-refractivity contribution is 0.0674. The summed E-state index contributed by atoms with van der Waals surface area (Å²) in [6, 6.07) is 26.8. The van der Waals surface area contributed by atoms with Crippen molar-refractivity contribution in [2.24, 2.45) is 0 Å². The fraction of sp³-hybridized carbons (Fsp3) is 0.250. The summed E-state index contributed by atoms with van der Waals surface area (Å²) in [5, 5.41) is 6.97. The molecule has 4 atom stereocenters. The highest BCUT2D eigenvalue weighted by atomic mass is 16.6. The van der Waals surface area contributed by atoms with Crippen LogP contribution in [0.1, 0.15) is 5.69 Å². The second-order valence-electron chi connectivity index (χ2n) is 8.86. The van der Waals surface area contributed by atoms with E-state index in [0.29, 0.717) is 25.7 Å². The minimum atomic E-state index is -0.0476. The predicted molar refractivity (Wildman–Crippen MR) is 135 cm³/mol. The van der Waals surface area contributed by atoms with Crippen LogP contribution < -0.4 is 10.6 Å². The van der Waals surface area contributed by atoms with Gasteiger partial charge in [0.1, 0.15) is 12.2 Å². The van der Waals surface area contributed by atoms with E-state index in [1.165, 1.54) is 11.1 Å². The summed E-state index contributed by atoms with van der Waals surface area (Å²) in [5.74, 6) is 0.581. The molecule has 2 aromatic carbocycles. The lowest BCUT2D eigenvalue weighted by atomic mass is 10.0. The van der Waals surface area contributed by atoms with Crippen LogP contribution >= 0.6 is 0 Å². The van der Waals surface area contributed by atoms with Crippen molar-refractivity contribution in [1.82, 2.24) is 20.3 Å². The molecule has 2 saturated heterocycles. The molecule has 2 aromatic heterocycles. The van der Waals surface area contributed by atoms with E-state index in [-0.39, 0.29) is 24.3 Å². The number of pyridine rings is 1. The number of rotatable bonds is 7. The van der Waals surface area contributed by atoms with Crippen molar-refractivity contribution in [2.45, 2.75) is 30.8 Å². The minimum absolute atomic E-state index is 0.00245. The summed E-state index contributed by atoms with van der Waals surface area (Å²) in [7, 11) is 0. The smallest absolute Gasteiger partial charge is 0.223 e. The lowest BCUT2D eigenvalue weighted by Gasteiger charge is -2.18. The maximum atomic E-state index is 6.11. The van der Waals surface area contributed by atoms with Crippen LogP contribution in [0.25, 0.3) is 22.4 Å². The molecule has 4 heterocycles. The third-order valence-electron chi connectivity index (χ3n) is 6.58. The quantitative estimate of drug-likeness (QED) is 0.428. The zero-order chi connectivity index (χ0) is 23.5. The van der Waals surface area contributed by atoms with Gasteiger partial charge in [0.25, 0.3) is 0 Å². The molecule has 0 saturated carbocycles. The first-order valence-corrected chi connectivity index (χ1v) is 12.0. The van der Waals surface area contributed by atoms with Crippen molar-refractivity contribution in [3.8, 4) is 22.4 Å². The van der Waals surface area contributed by atoms with Crippen molar-refractivity contribution < 1.29 is 9.47 Å². The average molecular weight is 466 g/mol. The summed E-state index contributed by atoms with van der Waals surface area (Å²) in [6.07, 6.45) is 3.54. The monoisotopic (exact) mass is 465 g/mol. The Balaban J connectivity index is 1.10. The Hall–Kier alpha value is -3.65. The second-order valence-corrected chi connectivity index (χ2v) is 8.86. The number of benzene rings is 2. The van der Waals surface area contributed by atoms with Gasteiger partial charge in [0.15, 0.2) is 0 Å². The van der Waals surface area contributed by atoms with E-state index >= 15 is 0 Å². The fourth-order valence-corrected chi connectivity index (χ4v) is 4.76. The summed E-state index contributed by atoms with van der Waals surface area (Å²) in [5.41, 5.74) is 5.31. The number of anilines is 1. The Labute approximate surface area is 204 Å². The second kappa shape index (κ2) is 9.92. The van der Waals surface area contributed by atoms with Crippen LogP contribution in [0, 0.1) is 0 Å². The van der Waals surface area contributed by atoms with E-state index in [1.54, 1.807) is 6.20 Å². The molecule has 35 heavy (non-hydrogen) atoms. The first-order valence-electron chi connectivity index (χ1n) is 12.0. The van der Waals surface area contributed by atoms with Crippen LogP contribution in [-0.4, -0.2) is 52.5 Å². The molecule has 7 nitrogen and oxygen atoms in total. The van der Waals surface area contributed by atoms with Crippen molar-refractivity contribution in [3.63, 3.8) is 0 Å². The third-order valence-corrected chi connectivity index (χ3v) is 6.58. The SMILES string of the molecule is c1ccc(-c2ccc(-c3ccnc(N[C@@H]4CO[C@@H]5[C@@H]4OC[C@@H]5NCc4ccccn4)n3)cc2)cc1. The molecule has 2 fully saturated rings. The number of nitrogens with one attached hydrogen (secondary N) is 2. The van der Waals surface area contributed by atoms with Crippen molar-refractivity contribution >= 4 is 5.95 Å². The van der Waals surface area contributed by atoms with Gasteiger partial charge in [-0.05, 0) is 29.3 Å². The van der Waals surface area contributed by atoms with Crippen LogP contribution in [-0.2, 0) is 16.0 Å². The van der Waals surface area contributed by atoms with Crippen LogP contribution in [0.15, 0.2) is 91.3 Å². The van der Waals surface area contributed by atoms with Crippen LogP contribution in [0.3, 0.4) is 0 Å². The van der Waals surface area contributed by atoms with Gasteiger partial charge in [-0.1, -0.05) is 60.7 Å². The molecule has 0 amide bonds. The van der Waals surface area contributed by atoms with Crippen molar-refractivity contribution in [3.05, 3.63) is 97.0 Å². The molecule has 176 valence electrons. The normalized spacial score (nSPS) is 23.2. The molecule has 7 heteroatoms. The summed E-state index contributed by atoms with van der Waals surface area (Å²) in [4.78, 5) is 13.6. The molecule has 0 unspecified atom stereocenters. The van der Waals surface area contributed by atoms with Gasteiger partial charge in [-0.3, -0.25) is 4.98 Å². The highest BCUT2D eigenvalue weighted by molar-refractivity contribution is 5.69. The van der Waals surface area contributed by atoms with Gasteiger partial charge in [-0.2, -0.15) is 0 Å². The molecular weight excluding hydrogens is 438 g/mol. The number of aromatic nitrogens is 3. The molecule has 0 aliphatic carbocycles. The van der Waals surface area contributed by atoms with Crippen molar-refractivity contribution in [2.75, 3.05) is 18.5 Å². The van der Waals surface area contributed by atoms with Crippen LogP contribution in [0.2, 0.25) is 0 Å². The Morgan fingerprint density at radius 2 is 1.40 bits per heavy atom. The van der Waals surface area contributed by atoms with Gasteiger partial charge < -0.3 is 20.1 Å². The average Bonchev–Trinajstić information content (AvgIpc) is 3.52. The first kappa shape index (κ1) is 21.9. The molecule has 2 N–H and O–H groups in total. The minimum Gasteiger partial charge on any atom is -0.371 e. The van der Waals surface area contributed by atoms with Gasteiger partial charge >= 0.3 is 0 Å². The van der Waals surface area contributed by atoms with E-state index in [2.05, 4.69) is 69.1 Å². The molecule has 0 bridgehead atoms. The number of fused-ring (bicyclic) bond motifs is 1. The summed E-state index contributed by atoms with van der Waals surface area (Å²) < 4.78 is 12.2. The van der Waals surface area contributed by atoms with Crippen LogP contribution in [0.4, 0.5) is 5.95 Å². The highest BCUT2D eigenvalue weighted by Crippen LogP contribution is 2.29. The van der Waals surface area contributed by atoms with E-state index < -0.39 is 0 Å². The fourth-order valence-electron chi connectivity index (χ4n) is 4.76. The Kier molecular flexibility index (Phi) is 6.19. The predicted octanol–water partition coefficient (Wildman–Crippen LogP) is 3.94. The maximum absolute atomic E-state index is 6.11. The van der Waals surface area contributed by atoms with Gasteiger partial charge in [0.05, 0.1) is 36.7 Å². The number of hydrogen-bond acceptors (Lipinski definition) is 7. The van der Waals surface area contributed by atoms with Gasteiger partial charge in [-0.25, -0.2) is 9.97 Å². The number of nitrogens with zero attached hydrogens (tertiary/aromatic N) is 3. The zero-order valence-electron chi connectivity index (χ0n) is 19.2. The van der Waals surface area contributed by atoms with Gasteiger partial charge in [-0.15, -0.1) is 0 Å². The first-order chi connectivity index (χ1) is 17.3. The number of ether oxygens (including phenoxy) is 2. The summed E-state index contributed by atoms with van der Waals surface area (Å²) in [6.45, 7) is 1.85. The van der Waals surface area contributed by atoms with E-state index in [0.717, 1.165) is 17.0 Å². The van der Waals surface area contributed by atoms with Crippen LogP contribution in [0.5, 0.6) is 0 Å². The molecule has 0 spiro atoms. The topological polar surface area (TPSA) is 81.2 Å². The lowest BCUT2D eigenvalue weighted by Crippen LogP contribution is -2.42. The van der Waals surface area contributed by atoms with E-state index in [9.17, 15) is 0 Å². The molecular formula is C28H27N5O2. The standard InChI is InChI=1S/C28H27N5O2/c1-2-6-19(7-3-1)20-9-11-21(12-10-20)23-13-15-30-28(32-23)33-25-18-35-26-24(17-34-27(25)26)31-16-22-8-4-5-14-29-22/h1-15,24-27,31H,16-18H2,(H,30,32,33)/t24-,25+,26-,27+/m0/s1. The molecule has 2 aliphatic rings. The van der Waals surface area contributed by atoms with E-state index in [1.807, 2.05) is 36.5 Å². The zero-order valence-corrected chi connectivity index (χ0v) is 19.2. The Morgan fingerprint density at radius 3 is 2.20 bits per heavy atom. The molecule has 0 radical (unpaired) electrons. The van der Waals surface area contributed by atoms with E-state index in [4.69, 9.17) is 14.5 Å². The van der Waals surface area contributed by atoms with Gasteiger partial charge in [0.2, 0.25) is 5.95 Å². The Bertz CT molecular complexity index is 1250. The maximum Gasteiger partial charge on any atom is 0.223 e. The summed E-state index contributed by atoms with van der Waals surface area (Å²) >= 11 is 0. The molecule has 2 aliphatic heterocycles. The van der Waals surface area contributed by atoms with Crippen molar-refractivity contribution in [1.29, 1.82) is 0 Å². The Morgan fingerprint density at radius 1 is 0.686 bits per heavy atom. The largest absolute Gasteiger partial charge is 0.371 e. The molecule has 6 rings (SSSR count). The third kappa shape index (κ3) is 4.79. The number of hydrogen-bond donors (Lipinski definition) is 2. The highest BCUT2D eigenvalue weighted by Gasteiger charge is 2.47.